The van der Waals surface area contributed by atoms with Crippen LogP contribution < -0.4 is 0 Å². The van der Waals surface area contributed by atoms with Crippen LogP contribution in [-0.4, -0.2) is 4.98 Å². The summed E-state index contributed by atoms with van der Waals surface area (Å²) >= 11 is 7.31. The van der Waals surface area contributed by atoms with E-state index >= 15 is 0 Å². The topological polar surface area (TPSA) is 15.8 Å². The molecule has 15 heavy (non-hydrogen) atoms. The second-order valence-electron chi connectivity index (χ2n) is 4.16. The van der Waals surface area contributed by atoms with Gasteiger partial charge in [0.25, 0.3) is 0 Å². The number of hydrogen-bond donors (Lipinski definition) is 1. The van der Waals surface area contributed by atoms with Gasteiger partial charge in [-0.25, -0.2) is 0 Å². The lowest BCUT2D eigenvalue weighted by molar-refractivity contribution is 0.898. The minimum absolute atomic E-state index is 1.17. The molecule has 3 rings (SSSR count). The number of H-pyrrole nitrogens is 1. The smallest absolute Gasteiger partial charge is 0.0481 e. The Labute approximate surface area is 106 Å². The van der Waals surface area contributed by atoms with Gasteiger partial charge < -0.3 is 4.98 Å². The van der Waals surface area contributed by atoms with Gasteiger partial charge in [0.15, 0.2) is 0 Å². The third kappa shape index (κ3) is 1.32. The Morgan fingerprint density at radius 1 is 1.27 bits per heavy atom. The van der Waals surface area contributed by atoms with Crippen molar-refractivity contribution in [3.05, 3.63) is 31.8 Å². The van der Waals surface area contributed by atoms with Gasteiger partial charge in [-0.05, 0) is 59.3 Å². The fourth-order valence-electron chi connectivity index (χ4n) is 2.43. The second-order valence-corrected chi connectivity index (χ2v) is 5.80. The molecule has 78 valence electrons. The summed E-state index contributed by atoms with van der Waals surface area (Å²) in [6.45, 7) is 2.14. The van der Waals surface area contributed by atoms with Crippen LogP contribution in [-0.2, 0) is 12.8 Å². The van der Waals surface area contributed by atoms with Crippen LogP contribution in [0.25, 0.3) is 10.9 Å². The standard InChI is InChI=1S/C12H11Br2N/c1-6-8(13)5-10-11(12(6)14)7-3-2-4-9(7)15-10/h5,15H,2-4H2,1H3. The molecular formula is C12H11Br2N. The quantitative estimate of drug-likeness (QED) is 0.733. The van der Waals surface area contributed by atoms with Crippen molar-refractivity contribution in [1.82, 2.24) is 4.98 Å². The highest BCUT2D eigenvalue weighted by atomic mass is 79.9. The zero-order valence-corrected chi connectivity index (χ0v) is 11.6. The average molecular weight is 329 g/mol. The zero-order chi connectivity index (χ0) is 10.6. The molecular weight excluding hydrogens is 318 g/mol. The first kappa shape index (κ1) is 9.91. The van der Waals surface area contributed by atoms with Crippen molar-refractivity contribution in [2.75, 3.05) is 0 Å². The van der Waals surface area contributed by atoms with E-state index in [0.29, 0.717) is 0 Å². The van der Waals surface area contributed by atoms with Crippen LogP contribution in [0.5, 0.6) is 0 Å². The molecule has 0 saturated heterocycles. The van der Waals surface area contributed by atoms with E-state index in [2.05, 4.69) is 49.8 Å². The Kier molecular flexibility index (Phi) is 2.22. The normalized spacial score (nSPS) is 14.9. The minimum Gasteiger partial charge on any atom is -0.358 e. The van der Waals surface area contributed by atoms with Crippen LogP contribution >= 0.6 is 31.9 Å². The molecule has 1 aromatic heterocycles. The van der Waals surface area contributed by atoms with Crippen molar-refractivity contribution in [2.24, 2.45) is 0 Å². The van der Waals surface area contributed by atoms with Gasteiger partial charge in [-0.3, -0.25) is 0 Å². The molecule has 0 atom stereocenters. The Hall–Kier alpha value is -0.280. The first-order valence-corrected chi connectivity index (χ1v) is 6.75. The second kappa shape index (κ2) is 3.36. The van der Waals surface area contributed by atoms with Crippen LogP contribution in [0.1, 0.15) is 23.2 Å². The Bertz CT molecular complexity index is 554. The number of halogens is 2. The predicted molar refractivity (Wildman–Crippen MR) is 70.5 cm³/mol. The zero-order valence-electron chi connectivity index (χ0n) is 8.45. The van der Waals surface area contributed by atoms with Crippen molar-refractivity contribution in [1.29, 1.82) is 0 Å². The SMILES string of the molecule is Cc1c(Br)cc2[nH]c3c(c2c1Br)CCC3. The number of aromatic amines is 1. The van der Waals surface area contributed by atoms with Gasteiger partial charge in [0.1, 0.15) is 0 Å². The van der Waals surface area contributed by atoms with Crippen molar-refractivity contribution < 1.29 is 0 Å². The average Bonchev–Trinajstić information content (AvgIpc) is 2.73. The first-order valence-electron chi connectivity index (χ1n) is 5.16. The van der Waals surface area contributed by atoms with E-state index in [1.807, 2.05) is 0 Å². The monoisotopic (exact) mass is 327 g/mol. The van der Waals surface area contributed by atoms with E-state index in [1.165, 1.54) is 55.9 Å². The molecule has 1 nitrogen and oxygen atoms in total. The van der Waals surface area contributed by atoms with E-state index in [1.54, 1.807) is 0 Å². The summed E-state index contributed by atoms with van der Waals surface area (Å²) < 4.78 is 2.41. The van der Waals surface area contributed by atoms with Crippen LogP contribution in [0.15, 0.2) is 15.0 Å². The number of aryl methyl sites for hydroxylation is 2. The lowest BCUT2D eigenvalue weighted by atomic mass is 10.1. The largest absolute Gasteiger partial charge is 0.358 e. The Balaban J connectivity index is 2.46. The Morgan fingerprint density at radius 3 is 2.87 bits per heavy atom. The third-order valence-electron chi connectivity index (χ3n) is 3.25. The number of rotatable bonds is 0. The molecule has 0 spiro atoms. The van der Waals surface area contributed by atoms with Gasteiger partial charge >= 0.3 is 0 Å². The van der Waals surface area contributed by atoms with Crippen LogP contribution in [0.4, 0.5) is 0 Å². The molecule has 1 aliphatic carbocycles. The Morgan fingerprint density at radius 2 is 2.07 bits per heavy atom. The molecule has 0 radical (unpaired) electrons. The highest BCUT2D eigenvalue weighted by Crippen LogP contribution is 2.39. The predicted octanol–water partition coefficient (Wildman–Crippen LogP) is 4.49. The van der Waals surface area contributed by atoms with Gasteiger partial charge in [0.2, 0.25) is 0 Å². The van der Waals surface area contributed by atoms with Gasteiger partial charge in [-0.2, -0.15) is 0 Å². The highest BCUT2D eigenvalue weighted by molar-refractivity contribution is 9.11. The molecule has 0 amide bonds. The molecule has 0 saturated carbocycles. The highest BCUT2D eigenvalue weighted by Gasteiger charge is 2.20. The van der Waals surface area contributed by atoms with Crippen molar-refractivity contribution in [2.45, 2.75) is 26.2 Å². The van der Waals surface area contributed by atoms with Crippen molar-refractivity contribution in [3.8, 4) is 0 Å². The van der Waals surface area contributed by atoms with E-state index in [-0.39, 0.29) is 0 Å². The van der Waals surface area contributed by atoms with Gasteiger partial charge in [0.05, 0.1) is 0 Å². The van der Waals surface area contributed by atoms with Crippen LogP contribution in [0.2, 0.25) is 0 Å². The van der Waals surface area contributed by atoms with E-state index in [0.717, 1.165) is 0 Å². The fourth-order valence-corrected chi connectivity index (χ4v) is 3.79. The van der Waals surface area contributed by atoms with Crippen molar-refractivity contribution >= 4 is 42.8 Å². The molecule has 1 aromatic carbocycles. The number of benzene rings is 1. The summed E-state index contributed by atoms with van der Waals surface area (Å²) in [5.74, 6) is 0. The molecule has 3 heteroatoms. The van der Waals surface area contributed by atoms with Gasteiger partial charge in [-0.1, -0.05) is 15.9 Å². The number of hydrogen-bond acceptors (Lipinski definition) is 0. The van der Waals surface area contributed by atoms with E-state index < -0.39 is 0 Å². The summed E-state index contributed by atoms with van der Waals surface area (Å²) in [4.78, 5) is 3.52. The molecule has 0 bridgehead atoms. The van der Waals surface area contributed by atoms with Gasteiger partial charge in [0, 0.05) is 25.5 Å². The molecule has 0 unspecified atom stereocenters. The molecule has 1 aliphatic rings. The fraction of sp³-hybridized carbons (Fsp3) is 0.333. The molecule has 2 aromatic rings. The molecule has 1 heterocycles. The first-order chi connectivity index (χ1) is 7.18. The maximum absolute atomic E-state index is 3.71. The maximum atomic E-state index is 3.71. The van der Waals surface area contributed by atoms with E-state index in [9.17, 15) is 0 Å². The molecule has 0 fully saturated rings. The molecule has 1 N–H and O–H groups in total. The lowest BCUT2D eigenvalue weighted by Gasteiger charge is -2.04. The minimum atomic E-state index is 1.17. The summed E-state index contributed by atoms with van der Waals surface area (Å²) in [7, 11) is 0. The maximum Gasteiger partial charge on any atom is 0.0481 e. The van der Waals surface area contributed by atoms with Crippen molar-refractivity contribution in [3.63, 3.8) is 0 Å². The van der Waals surface area contributed by atoms with E-state index in [4.69, 9.17) is 0 Å². The summed E-state index contributed by atoms with van der Waals surface area (Å²) in [5.41, 5.74) is 5.50. The van der Waals surface area contributed by atoms with Crippen LogP contribution in [0, 0.1) is 6.92 Å². The number of aromatic nitrogens is 1. The number of nitrogens with one attached hydrogen (secondary N) is 1. The summed E-state index contributed by atoms with van der Waals surface area (Å²) in [6.07, 6.45) is 3.71. The third-order valence-corrected chi connectivity index (χ3v) is 5.07. The summed E-state index contributed by atoms with van der Waals surface area (Å²) in [5, 5.41) is 1.39. The summed E-state index contributed by atoms with van der Waals surface area (Å²) in [6, 6.07) is 2.19. The molecule has 0 aliphatic heterocycles. The van der Waals surface area contributed by atoms with Crippen LogP contribution in [0.3, 0.4) is 0 Å². The van der Waals surface area contributed by atoms with Gasteiger partial charge in [-0.15, -0.1) is 0 Å². The number of fused-ring (bicyclic) bond motifs is 3. The lowest BCUT2D eigenvalue weighted by Crippen LogP contribution is -1.83.